The maximum Gasteiger partial charge on any atom is 0.266 e. The lowest BCUT2D eigenvalue weighted by molar-refractivity contribution is 0.0981. The van der Waals surface area contributed by atoms with E-state index in [2.05, 4.69) is 15.9 Å². The molecule has 0 bridgehead atoms. The van der Waals surface area contributed by atoms with Crippen molar-refractivity contribution >= 4 is 43.5 Å². The van der Waals surface area contributed by atoms with Crippen molar-refractivity contribution in [2.45, 2.75) is 4.90 Å². The molecule has 0 aliphatic rings. The molecule has 0 fully saturated rings. The number of benzene rings is 2. The molecule has 0 unspecified atom stereocenters. The molecule has 0 radical (unpaired) electrons. The van der Waals surface area contributed by atoms with Crippen LogP contribution in [0.15, 0.2) is 76.4 Å². The van der Waals surface area contributed by atoms with E-state index in [0.29, 0.717) is 5.69 Å². The number of nitrogens with one attached hydrogen (secondary N) is 1. The topological polar surface area (TPSA) is 68.2 Å². The molecule has 0 spiro atoms. The molecule has 5 nitrogen and oxygen atoms in total. The van der Waals surface area contributed by atoms with Gasteiger partial charge in [-0.2, -0.15) is 0 Å². The third kappa shape index (κ3) is 3.95. The van der Waals surface area contributed by atoms with Crippen molar-refractivity contribution in [3.63, 3.8) is 0 Å². The lowest BCUT2D eigenvalue weighted by Crippen LogP contribution is -2.30. The van der Waals surface area contributed by atoms with Crippen molar-refractivity contribution in [1.82, 2.24) is 9.29 Å². The Labute approximate surface area is 158 Å². The van der Waals surface area contributed by atoms with E-state index in [1.54, 1.807) is 28.8 Å². The van der Waals surface area contributed by atoms with Gasteiger partial charge in [0.25, 0.3) is 15.9 Å². The summed E-state index contributed by atoms with van der Waals surface area (Å²) >= 11 is 9.31. The maximum absolute atomic E-state index is 12.4. The van der Waals surface area contributed by atoms with E-state index in [1.165, 1.54) is 18.2 Å². The zero-order valence-electron chi connectivity index (χ0n) is 12.7. The number of sulfonamides is 1. The van der Waals surface area contributed by atoms with E-state index in [4.69, 9.17) is 11.6 Å². The van der Waals surface area contributed by atoms with Crippen LogP contribution >= 0.6 is 27.5 Å². The van der Waals surface area contributed by atoms with Gasteiger partial charge in [0.2, 0.25) is 0 Å². The summed E-state index contributed by atoms with van der Waals surface area (Å²) in [5, 5.41) is 0.166. The minimum atomic E-state index is -3.99. The number of halogens is 2. The molecule has 1 N–H and O–H groups in total. The van der Waals surface area contributed by atoms with Gasteiger partial charge in [-0.1, -0.05) is 27.5 Å². The van der Waals surface area contributed by atoms with Crippen molar-refractivity contribution < 1.29 is 13.2 Å². The standard InChI is InChI=1S/C17H12BrClN2O3S/c18-12-3-6-14(7-4-12)25(23,24)20-17(22)15-11-13(5-8-16(15)19)21-9-1-2-10-21/h1-11H,(H,20,22). The van der Waals surface area contributed by atoms with Gasteiger partial charge in [-0.05, 0) is 54.6 Å². The van der Waals surface area contributed by atoms with E-state index >= 15 is 0 Å². The molecule has 3 aromatic rings. The Balaban J connectivity index is 1.90. The summed E-state index contributed by atoms with van der Waals surface area (Å²) in [4.78, 5) is 12.4. The highest BCUT2D eigenvalue weighted by Gasteiger charge is 2.20. The van der Waals surface area contributed by atoms with Crippen LogP contribution in [0.1, 0.15) is 10.4 Å². The van der Waals surface area contributed by atoms with Crippen LogP contribution in [0.2, 0.25) is 5.02 Å². The van der Waals surface area contributed by atoms with Gasteiger partial charge in [-0.3, -0.25) is 4.79 Å². The fraction of sp³-hybridized carbons (Fsp3) is 0. The normalized spacial score (nSPS) is 11.3. The van der Waals surface area contributed by atoms with E-state index in [0.717, 1.165) is 4.47 Å². The van der Waals surface area contributed by atoms with Crippen LogP contribution in [0.5, 0.6) is 0 Å². The molecule has 1 amide bonds. The van der Waals surface area contributed by atoms with Crippen LogP contribution < -0.4 is 4.72 Å². The van der Waals surface area contributed by atoms with Crippen molar-refractivity contribution in [2.75, 3.05) is 0 Å². The summed E-state index contributed by atoms with van der Waals surface area (Å²) in [7, 11) is -3.99. The minimum absolute atomic E-state index is 0.0123. The molecule has 0 saturated carbocycles. The fourth-order valence-electron chi connectivity index (χ4n) is 2.20. The molecule has 0 aliphatic heterocycles. The zero-order chi connectivity index (χ0) is 18.0. The molecule has 1 aromatic heterocycles. The third-order valence-electron chi connectivity index (χ3n) is 3.45. The van der Waals surface area contributed by atoms with Crippen LogP contribution in [0.3, 0.4) is 0 Å². The number of hydrogen-bond acceptors (Lipinski definition) is 3. The van der Waals surface area contributed by atoms with Crippen LogP contribution in [0, 0.1) is 0 Å². The first-order valence-electron chi connectivity index (χ1n) is 7.12. The average Bonchev–Trinajstić information content (AvgIpc) is 3.09. The molecule has 25 heavy (non-hydrogen) atoms. The van der Waals surface area contributed by atoms with Crippen molar-refractivity contribution in [3.8, 4) is 5.69 Å². The first-order chi connectivity index (χ1) is 11.9. The third-order valence-corrected chi connectivity index (χ3v) is 5.65. The first-order valence-corrected chi connectivity index (χ1v) is 9.78. The van der Waals surface area contributed by atoms with Gasteiger partial charge in [0.1, 0.15) is 0 Å². The molecule has 1 heterocycles. The number of hydrogen-bond donors (Lipinski definition) is 1. The molecular formula is C17H12BrClN2O3S. The Morgan fingerprint density at radius 2 is 1.68 bits per heavy atom. The summed E-state index contributed by atoms with van der Waals surface area (Å²) in [6, 6.07) is 14.5. The molecule has 0 saturated heterocycles. The van der Waals surface area contributed by atoms with Gasteiger partial charge in [0, 0.05) is 22.6 Å². The zero-order valence-corrected chi connectivity index (χ0v) is 15.8. The molecule has 0 aliphatic carbocycles. The summed E-state index contributed by atoms with van der Waals surface area (Å²) < 4.78 is 29.3. The van der Waals surface area contributed by atoms with Gasteiger partial charge < -0.3 is 4.57 Å². The van der Waals surface area contributed by atoms with Crippen LogP contribution in [-0.2, 0) is 10.0 Å². The Hall–Kier alpha value is -2.09. The second-order valence-corrected chi connectivity index (χ2v) is 8.15. The van der Waals surface area contributed by atoms with Crippen LogP contribution in [0.25, 0.3) is 5.69 Å². The highest BCUT2D eigenvalue weighted by atomic mass is 79.9. The summed E-state index contributed by atoms with van der Waals surface area (Å²) in [6.45, 7) is 0. The van der Waals surface area contributed by atoms with Gasteiger partial charge in [-0.15, -0.1) is 0 Å². The number of carbonyl (C=O) groups is 1. The number of amides is 1. The molecular weight excluding hydrogens is 428 g/mol. The fourth-order valence-corrected chi connectivity index (χ4v) is 3.64. The van der Waals surface area contributed by atoms with E-state index < -0.39 is 15.9 Å². The van der Waals surface area contributed by atoms with Crippen molar-refractivity contribution in [2.24, 2.45) is 0 Å². The highest BCUT2D eigenvalue weighted by molar-refractivity contribution is 9.10. The summed E-state index contributed by atoms with van der Waals surface area (Å²) in [5.74, 6) is -0.790. The Morgan fingerprint density at radius 1 is 1.04 bits per heavy atom. The second kappa shape index (κ2) is 7.03. The quantitative estimate of drug-likeness (QED) is 0.668. The minimum Gasteiger partial charge on any atom is -0.324 e. The van der Waals surface area contributed by atoms with Gasteiger partial charge in [0.05, 0.1) is 15.5 Å². The Bertz CT molecular complexity index is 1020. The van der Waals surface area contributed by atoms with Crippen molar-refractivity contribution in [3.05, 3.63) is 82.0 Å². The Kier molecular flexibility index (Phi) is 4.99. The summed E-state index contributed by atoms with van der Waals surface area (Å²) in [6.07, 6.45) is 3.62. The van der Waals surface area contributed by atoms with Gasteiger partial charge >= 0.3 is 0 Å². The first kappa shape index (κ1) is 17.7. The second-order valence-electron chi connectivity index (χ2n) is 5.14. The van der Waals surface area contributed by atoms with E-state index in [1.807, 2.05) is 29.2 Å². The molecule has 2 aromatic carbocycles. The van der Waals surface area contributed by atoms with Crippen LogP contribution in [0.4, 0.5) is 0 Å². The monoisotopic (exact) mass is 438 g/mol. The number of aromatic nitrogens is 1. The number of carbonyl (C=O) groups excluding carboxylic acids is 1. The smallest absolute Gasteiger partial charge is 0.266 e. The molecule has 8 heteroatoms. The van der Waals surface area contributed by atoms with Gasteiger partial charge in [0.15, 0.2) is 0 Å². The largest absolute Gasteiger partial charge is 0.324 e. The Morgan fingerprint density at radius 3 is 2.32 bits per heavy atom. The van der Waals surface area contributed by atoms with Crippen LogP contribution in [-0.4, -0.2) is 18.9 Å². The molecule has 128 valence electrons. The highest BCUT2D eigenvalue weighted by Crippen LogP contribution is 2.21. The van der Waals surface area contributed by atoms with E-state index in [9.17, 15) is 13.2 Å². The average molecular weight is 440 g/mol. The van der Waals surface area contributed by atoms with Crippen molar-refractivity contribution in [1.29, 1.82) is 0 Å². The van der Waals surface area contributed by atoms with Gasteiger partial charge in [-0.25, -0.2) is 13.1 Å². The molecule has 0 atom stereocenters. The SMILES string of the molecule is O=C(NS(=O)(=O)c1ccc(Br)cc1)c1cc(-n2cccc2)ccc1Cl. The lowest BCUT2D eigenvalue weighted by Gasteiger charge is -2.10. The predicted octanol–water partition coefficient (Wildman–Crippen LogP) is 4.01. The number of nitrogens with zero attached hydrogens (tertiary/aromatic N) is 1. The maximum atomic E-state index is 12.4. The molecule has 3 rings (SSSR count). The summed E-state index contributed by atoms with van der Waals surface area (Å²) in [5.41, 5.74) is 0.772. The lowest BCUT2D eigenvalue weighted by atomic mass is 10.2. The number of rotatable bonds is 4. The van der Waals surface area contributed by atoms with E-state index in [-0.39, 0.29) is 15.5 Å². The predicted molar refractivity (Wildman–Crippen MR) is 99.6 cm³/mol.